The third-order valence-electron chi connectivity index (χ3n) is 9.78. The molecule has 36 heavy (non-hydrogen) atoms. The molecule has 0 aromatic carbocycles. The topological polar surface area (TPSA) is 110 Å². The standard InChI is InChI=1S/C29H42O7/c1-17(2)7-10-24(32)18(3)29(34)14-13-28(36-29)22-9-8-20-15-21(31)11-12-26(20,5)23(22)16-25(27(28,6)33)35-19(4)30/h11-12,15,17-18,22-23,25,33-34H,7-10,13-14,16H2,1-6H3/t18?,22?,23?,25-,26-,27-,28+,29-/m0/s1. The van der Waals surface area contributed by atoms with Gasteiger partial charge in [0.2, 0.25) is 0 Å². The van der Waals surface area contributed by atoms with Gasteiger partial charge in [-0.25, -0.2) is 0 Å². The van der Waals surface area contributed by atoms with Crippen LogP contribution in [0.1, 0.15) is 86.5 Å². The molecule has 1 spiro atoms. The van der Waals surface area contributed by atoms with E-state index in [0.29, 0.717) is 38.0 Å². The highest BCUT2D eigenvalue weighted by Crippen LogP contribution is 2.65. The summed E-state index contributed by atoms with van der Waals surface area (Å²) in [5.74, 6) is -2.91. The number of Topliss-reactive ketones (excluding diaryl/α,β-unsaturated/α-hetero) is 1. The fourth-order valence-corrected chi connectivity index (χ4v) is 7.41. The molecular weight excluding hydrogens is 460 g/mol. The Morgan fingerprint density at radius 2 is 1.86 bits per heavy atom. The maximum atomic E-state index is 13.0. The van der Waals surface area contributed by atoms with E-state index in [1.165, 1.54) is 6.92 Å². The van der Waals surface area contributed by atoms with Crippen molar-refractivity contribution in [2.45, 2.75) is 110 Å². The zero-order chi connectivity index (χ0) is 26.7. The van der Waals surface area contributed by atoms with Crippen LogP contribution in [0.15, 0.2) is 23.8 Å². The van der Waals surface area contributed by atoms with Crippen molar-refractivity contribution in [1.29, 1.82) is 0 Å². The number of hydrogen-bond donors (Lipinski definition) is 2. The summed E-state index contributed by atoms with van der Waals surface area (Å²) in [4.78, 5) is 37.2. The van der Waals surface area contributed by atoms with E-state index in [4.69, 9.17) is 9.47 Å². The van der Waals surface area contributed by atoms with E-state index in [0.717, 1.165) is 12.0 Å². The van der Waals surface area contributed by atoms with Crippen LogP contribution in [0, 0.1) is 29.1 Å². The molecule has 4 rings (SSSR count). The Balaban J connectivity index is 1.73. The zero-order valence-electron chi connectivity index (χ0n) is 22.5. The summed E-state index contributed by atoms with van der Waals surface area (Å²) in [5.41, 5.74) is -2.19. The molecular formula is C29H42O7. The van der Waals surface area contributed by atoms with Gasteiger partial charge in [0.25, 0.3) is 0 Å². The fourth-order valence-electron chi connectivity index (χ4n) is 7.41. The number of ketones is 2. The van der Waals surface area contributed by atoms with Crippen LogP contribution in [0.25, 0.3) is 0 Å². The van der Waals surface area contributed by atoms with Crippen molar-refractivity contribution in [1.82, 2.24) is 0 Å². The predicted molar refractivity (Wildman–Crippen MR) is 134 cm³/mol. The number of ether oxygens (including phenoxy) is 2. The minimum absolute atomic E-state index is 0.0322. The van der Waals surface area contributed by atoms with E-state index in [1.807, 2.05) is 6.08 Å². The zero-order valence-corrected chi connectivity index (χ0v) is 22.5. The minimum Gasteiger partial charge on any atom is -0.459 e. The lowest BCUT2D eigenvalue weighted by molar-refractivity contribution is -0.332. The van der Waals surface area contributed by atoms with E-state index >= 15 is 0 Å². The minimum atomic E-state index is -1.71. The molecule has 0 aromatic heterocycles. The maximum absolute atomic E-state index is 13.0. The van der Waals surface area contributed by atoms with Gasteiger partial charge in [-0.2, -0.15) is 0 Å². The van der Waals surface area contributed by atoms with Gasteiger partial charge in [0, 0.05) is 25.2 Å². The van der Waals surface area contributed by atoms with Crippen molar-refractivity contribution in [2.75, 3.05) is 0 Å². The van der Waals surface area contributed by atoms with Crippen LogP contribution in [-0.4, -0.2) is 50.8 Å². The molecule has 2 N–H and O–H groups in total. The molecule has 0 amide bonds. The molecule has 2 saturated carbocycles. The van der Waals surface area contributed by atoms with Crippen molar-refractivity contribution in [2.24, 2.45) is 29.1 Å². The third kappa shape index (κ3) is 4.21. The second-order valence-corrected chi connectivity index (χ2v) is 12.4. The van der Waals surface area contributed by atoms with Gasteiger partial charge in [0.15, 0.2) is 11.6 Å². The fraction of sp³-hybridized carbons (Fsp3) is 0.759. The third-order valence-corrected chi connectivity index (χ3v) is 9.78. The molecule has 0 aromatic rings. The molecule has 3 aliphatic carbocycles. The van der Waals surface area contributed by atoms with Gasteiger partial charge in [-0.15, -0.1) is 0 Å². The molecule has 200 valence electrons. The summed E-state index contributed by atoms with van der Waals surface area (Å²) >= 11 is 0. The molecule has 7 nitrogen and oxygen atoms in total. The molecule has 0 bridgehead atoms. The summed E-state index contributed by atoms with van der Waals surface area (Å²) < 4.78 is 12.3. The Kier molecular flexibility index (Phi) is 6.93. The molecule has 8 atom stereocenters. The molecule has 3 fully saturated rings. The van der Waals surface area contributed by atoms with E-state index in [-0.39, 0.29) is 29.8 Å². The Labute approximate surface area is 214 Å². The number of esters is 1. The van der Waals surface area contributed by atoms with Crippen LogP contribution in [0.5, 0.6) is 0 Å². The SMILES string of the molecule is CC(=O)O[C@H]1CC2C(CCC3=CC(=O)C=C[C@@]32C)[C@]2(CC[C@@](O)(C(C)C(=O)CCC(C)C)O2)[C@@]1(C)O. The maximum Gasteiger partial charge on any atom is 0.303 e. The first-order valence-electron chi connectivity index (χ1n) is 13.5. The highest BCUT2D eigenvalue weighted by molar-refractivity contribution is 6.01. The quantitative estimate of drug-likeness (QED) is 0.527. The molecule has 7 heteroatoms. The largest absolute Gasteiger partial charge is 0.459 e. The number of fused-ring (bicyclic) bond motifs is 4. The number of carbonyl (C=O) groups is 3. The summed E-state index contributed by atoms with van der Waals surface area (Å²) in [6.45, 7) is 10.9. The van der Waals surface area contributed by atoms with Crippen molar-refractivity contribution >= 4 is 17.5 Å². The van der Waals surface area contributed by atoms with Gasteiger partial charge < -0.3 is 19.7 Å². The number of rotatable bonds is 6. The van der Waals surface area contributed by atoms with Gasteiger partial charge in [0.1, 0.15) is 23.1 Å². The second-order valence-electron chi connectivity index (χ2n) is 12.4. The molecule has 0 radical (unpaired) electrons. The highest BCUT2D eigenvalue weighted by Gasteiger charge is 2.71. The lowest BCUT2D eigenvalue weighted by atomic mass is 9.47. The monoisotopic (exact) mass is 502 g/mol. The summed E-state index contributed by atoms with van der Waals surface area (Å²) in [5, 5.41) is 23.7. The predicted octanol–water partition coefficient (Wildman–Crippen LogP) is 4.05. The smallest absolute Gasteiger partial charge is 0.303 e. The number of aliphatic hydroxyl groups is 2. The van der Waals surface area contributed by atoms with Crippen molar-refractivity contribution in [3.63, 3.8) is 0 Å². The Hall–Kier alpha value is -1.83. The van der Waals surface area contributed by atoms with Crippen molar-refractivity contribution in [3.05, 3.63) is 23.8 Å². The van der Waals surface area contributed by atoms with Crippen molar-refractivity contribution < 1.29 is 34.1 Å². The number of carbonyl (C=O) groups excluding carboxylic acids is 3. The highest BCUT2D eigenvalue weighted by atomic mass is 16.7. The first kappa shape index (κ1) is 27.2. The first-order chi connectivity index (χ1) is 16.7. The average Bonchev–Trinajstić information content (AvgIpc) is 3.16. The van der Waals surface area contributed by atoms with Gasteiger partial charge in [-0.1, -0.05) is 39.3 Å². The normalized spacial score (nSPS) is 42.6. The van der Waals surface area contributed by atoms with Crippen LogP contribution in [-0.2, 0) is 23.9 Å². The average molecular weight is 503 g/mol. The van der Waals surface area contributed by atoms with Crippen molar-refractivity contribution in [3.8, 4) is 0 Å². The molecule has 1 heterocycles. The Bertz CT molecular complexity index is 994. The van der Waals surface area contributed by atoms with Gasteiger partial charge in [-0.3, -0.25) is 14.4 Å². The van der Waals surface area contributed by atoms with E-state index in [2.05, 4.69) is 20.8 Å². The van der Waals surface area contributed by atoms with Crippen LogP contribution >= 0.6 is 0 Å². The molecule has 3 unspecified atom stereocenters. The van der Waals surface area contributed by atoms with Crippen LogP contribution in [0.2, 0.25) is 0 Å². The summed E-state index contributed by atoms with van der Waals surface area (Å²) in [7, 11) is 0. The van der Waals surface area contributed by atoms with E-state index < -0.39 is 40.4 Å². The molecule has 1 saturated heterocycles. The van der Waals surface area contributed by atoms with Crippen LogP contribution in [0.4, 0.5) is 0 Å². The van der Waals surface area contributed by atoms with Crippen LogP contribution < -0.4 is 0 Å². The lowest BCUT2D eigenvalue weighted by Gasteiger charge is -2.62. The molecule has 4 aliphatic rings. The van der Waals surface area contributed by atoms with Gasteiger partial charge in [-0.05, 0) is 68.9 Å². The number of hydrogen-bond acceptors (Lipinski definition) is 7. The summed E-state index contributed by atoms with van der Waals surface area (Å²) in [6, 6.07) is 0. The molecule has 1 aliphatic heterocycles. The Morgan fingerprint density at radius 3 is 2.50 bits per heavy atom. The van der Waals surface area contributed by atoms with Gasteiger partial charge >= 0.3 is 5.97 Å². The Morgan fingerprint density at radius 1 is 1.17 bits per heavy atom. The van der Waals surface area contributed by atoms with Crippen LogP contribution in [0.3, 0.4) is 0 Å². The number of allylic oxidation sites excluding steroid dienone is 4. The lowest BCUT2D eigenvalue weighted by Crippen LogP contribution is -2.71. The summed E-state index contributed by atoms with van der Waals surface area (Å²) in [6.07, 6.45) is 7.79. The second kappa shape index (κ2) is 9.17. The first-order valence-corrected chi connectivity index (χ1v) is 13.5. The van der Waals surface area contributed by atoms with E-state index in [1.54, 1.807) is 26.0 Å². The van der Waals surface area contributed by atoms with E-state index in [9.17, 15) is 24.6 Å². The van der Waals surface area contributed by atoms with Gasteiger partial charge in [0.05, 0.1) is 5.92 Å².